The number of hydrogen-bond donors (Lipinski definition) is 2. The Labute approximate surface area is 136 Å². The Kier molecular flexibility index (Phi) is 10.8. The van der Waals surface area contributed by atoms with Crippen molar-refractivity contribution in [2.24, 2.45) is 0 Å². The van der Waals surface area contributed by atoms with Crippen LogP contribution in [0.15, 0.2) is 0 Å². The Balaban J connectivity index is 0.000000262. The number of halogens is 2. The van der Waals surface area contributed by atoms with Gasteiger partial charge < -0.3 is 9.05 Å². The Morgan fingerprint density at radius 3 is 2.19 bits per heavy atom. The third-order valence-corrected chi connectivity index (χ3v) is 6.42. The van der Waals surface area contributed by atoms with Crippen LogP contribution in [0.25, 0.3) is 0 Å². The molecule has 11 heteroatoms. The maximum absolute atomic E-state index is 12.2. The van der Waals surface area contributed by atoms with Gasteiger partial charge in [-0.05, 0) is 12.8 Å². The summed E-state index contributed by atoms with van der Waals surface area (Å²) in [5.74, 6) is 0.845. The van der Waals surface area contributed by atoms with Crippen molar-refractivity contribution in [2.75, 3.05) is 51.2 Å². The van der Waals surface area contributed by atoms with E-state index in [9.17, 15) is 9.13 Å². The van der Waals surface area contributed by atoms with Crippen LogP contribution in [-0.2, 0) is 18.2 Å². The van der Waals surface area contributed by atoms with Gasteiger partial charge in [0.1, 0.15) is 0 Å². The highest BCUT2D eigenvalue weighted by Crippen LogP contribution is 2.48. The summed E-state index contributed by atoms with van der Waals surface area (Å²) in [5.41, 5.74) is 0. The molecule has 2 fully saturated rings. The van der Waals surface area contributed by atoms with E-state index < -0.39 is 15.8 Å². The minimum absolute atomic E-state index is 0.423. The van der Waals surface area contributed by atoms with E-state index in [1.807, 2.05) is 0 Å². The highest BCUT2D eigenvalue weighted by atomic mass is 35.5. The summed E-state index contributed by atoms with van der Waals surface area (Å²) in [4.78, 5) is 0. The van der Waals surface area contributed by atoms with Crippen molar-refractivity contribution >= 4 is 39.1 Å². The van der Waals surface area contributed by atoms with Gasteiger partial charge in [0.2, 0.25) is 0 Å². The van der Waals surface area contributed by atoms with E-state index in [0.29, 0.717) is 38.1 Å². The summed E-state index contributed by atoms with van der Waals surface area (Å²) in [6, 6.07) is 0. The fraction of sp³-hybridized carbons (Fsp3) is 1.00. The third kappa shape index (κ3) is 7.78. The van der Waals surface area contributed by atoms with Gasteiger partial charge in [0.05, 0.1) is 13.2 Å². The summed E-state index contributed by atoms with van der Waals surface area (Å²) in [6.45, 7) is 3.81. The van der Waals surface area contributed by atoms with E-state index in [0.717, 1.165) is 25.9 Å². The minimum atomic E-state index is -2.84. The molecule has 126 valence electrons. The van der Waals surface area contributed by atoms with E-state index in [2.05, 4.69) is 10.2 Å². The van der Waals surface area contributed by atoms with Gasteiger partial charge in [0, 0.05) is 37.9 Å². The van der Waals surface area contributed by atoms with Gasteiger partial charge in [-0.3, -0.25) is 9.13 Å². The molecule has 2 aliphatic rings. The zero-order valence-electron chi connectivity index (χ0n) is 11.9. The molecule has 0 aliphatic carbocycles. The first-order valence-electron chi connectivity index (χ1n) is 6.90. The predicted molar refractivity (Wildman–Crippen MR) is 86.8 cm³/mol. The quantitative estimate of drug-likeness (QED) is 0.558. The molecule has 7 nitrogen and oxygen atoms in total. The van der Waals surface area contributed by atoms with Crippen LogP contribution in [0.3, 0.4) is 0 Å². The van der Waals surface area contributed by atoms with Gasteiger partial charge in [0.25, 0.3) is 8.18 Å². The number of rotatable bonds is 5. The molecule has 0 amide bonds. The number of hydrogen-bond acceptors (Lipinski definition) is 4. The Morgan fingerprint density at radius 1 is 1.14 bits per heavy atom. The molecule has 0 saturated carbocycles. The highest BCUT2D eigenvalue weighted by Gasteiger charge is 2.32. The molecule has 0 radical (unpaired) electrons. The fourth-order valence-corrected chi connectivity index (χ4v) is 5.21. The monoisotopic (exact) mass is 381 g/mol. The van der Waals surface area contributed by atoms with Gasteiger partial charge in [-0.1, -0.05) is 0 Å². The molecule has 0 bridgehead atoms. The summed E-state index contributed by atoms with van der Waals surface area (Å²) < 4.78 is 34.2. The molecule has 0 spiro atoms. The highest BCUT2D eigenvalue weighted by molar-refractivity contribution is 7.54. The lowest BCUT2D eigenvalue weighted by molar-refractivity contribution is 0.233. The van der Waals surface area contributed by atoms with Gasteiger partial charge in [-0.25, -0.2) is 14.8 Å². The van der Waals surface area contributed by atoms with E-state index in [1.165, 1.54) is 0 Å². The van der Waals surface area contributed by atoms with Crippen molar-refractivity contribution in [1.29, 1.82) is 0 Å². The van der Waals surface area contributed by atoms with Crippen LogP contribution in [0.2, 0.25) is 0 Å². The molecule has 0 aromatic heterocycles. The lowest BCUT2D eigenvalue weighted by atomic mass is 10.5. The lowest BCUT2D eigenvalue weighted by Gasteiger charge is -2.33. The Bertz CT molecular complexity index is 341. The average Bonchev–Trinajstić information content (AvgIpc) is 2.49. The zero-order valence-corrected chi connectivity index (χ0v) is 15.3. The van der Waals surface area contributed by atoms with Crippen molar-refractivity contribution in [3.05, 3.63) is 0 Å². The lowest BCUT2D eigenvalue weighted by Crippen LogP contribution is -2.35. The molecular weight excluding hydrogens is 359 g/mol. The molecule has 2 heterocycles. The molecule has 21 heavy (non-hydrogen) atoms. The van der Waals surface area contributed by atoms with E-state index in [1.54, 1.807) is 4.67 Å². The van der Waals surface area contributed by atoms with Crippen LogP contribution in [0.4, 0.5) is 0 Å². The van der Waals surface area contributed by atoms with E-state index in [-0.39, 0.29) is 0 Å². The van der Waals surface area contributed by atoms with E-state index in [4.69, 9.17) is 32.2 Å². The van der Waals surface area contributed by atoms with Gasteiger partial charge in [-0.2, -0.15) is 0 Å². The number of nitrogens with one attached hydrogen (secondary N) is 2. The molecule has 2 saturated heterocycles. The summed E-state index contributed by atoms with van der Waals surface area (Å²) in [5, 5.41) is 5.61. The van der Waals surface area contributed by atoms with Gasteiger partial charge in [0.15, 0.2) is 0 Å². The molecule has 0 aromatic rings. The maximum Gasteiger partial charge on any atom is 0.343 e. The standard InChI is InChI=1S/C7H15Cl2N2O2P.C3H8NO2P/c8-2-5-11(6-3-9)14(12)10-4-1-7-13-14;5-7-4-2-1-3-6-7/h1-7H2,(H,10,12);7H,1-3H2,(H,4,5). The maximum atomic E-state index is 12.2. The molecule has 2 unspecified atom stereocenters. The second-order valence-electron chi connectivity index (χ2n) is 4.36. The third-order valence-electron chi connectivity index (χ3n) is 2.78. The Hall–Kier alpha value is 0.840. The second-order valence-corrected chi connectivity index (χ2v) is 8.52. The van der Waals surface area contributed by atoms with Crippen molar-refractivity contribution in [1.82, 2.24) is 14.8 Å². The fourth-order valence-electron chi connectivity index (χ4n) is 1.76. The van der Waals surface area contributed by atoms with Crippen LogP contribution in [0.5, 0.6) is 0 Å². The largest absolute Gasteiger partial charge is 0.343 e. The molecule has 2 rings (SSSR count). The number of nitrogens with zero attached hydrogens (tertiary/aromatic N) is 1. The smallest absolute Gasteiger partial charge is 0.320 e. The van der Waals surface area contributed by atoms with Crippen LogP contribution in [0.1, 0.15) is 12.8 Å². The normalized spacial score (nSPS) is 29.8. The van der Waals surface area contributed by atoms with Crippen molar-refractivity contribution in [3.8, 4) is 0 Å². The molecule has 2 N–H and O–H groups in total. The molecule has 2 atom stereocenters. The molecule has 2 aliphatic heterocycles. The van der Waals surface area contributed by atoms with Crippen LogP contribution in [0, 0.1) is 0 Å². The first kappa shape index (κ1) is 19.9. The first-order chi connectivity index (χ1) is 10.1. The summed E-state index contributed by atoms with van der Waals surface area (Å²) >= 11 is 11.2. The van der Waals surface area contributed by atoms with Gasteiger partial charge in [-0.15, -0.1) is 23.2 Å². The van der Waals surface area contributed by atoms with Crippen LogP contribution < -0.4 is 10.2 Å². The van der Waals surface area contributed by atoms with Gasteiger partial charge >= 0.3 is 7.67 Å². The SMILES string of the molecule is O=P1(N(CCCl)CCCl)NCCCO1.O=[PH]1NCCCO1. The van der Waals surface area contributed by atoms with Crippen LogP contribution >= 0.6 is 39.1 Å². The average molecular weight is 382 g/mol. The Morgan fingerprint density at radius 2 is 1.81 bits per heavy atom. The van der Waals surface area contributed by atoms with Crippen molar-refractivity contribution < 1.29 is 18.2 Å². The second kappa shape index (κ2) is 11.4. The van der Waals surface area contributed by atoms with Crippen LogP contribution in [-0.4, -0.2) is 55.8 Å². The summed E-state index contributed by atoms with van der Waals surface area (Å²) in [7, 11) is -4.64. The zero-order chi connectivity index (χ0) is 15.6. The topological polar surface area (TPSA) is 79.9 Å². The molecular formula is C10H23Cl2N3O4P2. The predicted octanol–water partition coefficient (Wildman–Crippen LogP) is 2.27. The van der Waals surface area contributed by atoms with E-state index >= 15 is 0 Å². The van der Waals surface area contributed by atoms with Crippen molar-refractivity contribution in [2.45, 2.75) is 12.8 Å². The molecule has 0 aromatic carbocycles. The first-order valence-corrected chi connectivity index (χ1v) is 10.9. The van der Waals surface area contributed by atoms with Crippen molar-refractivity contribution in [3.63, 3.8) is 0 Å². The summed E-state index contributed by atoms with van der Waals surface area (Å²) in [6.07, 6.45) is 1.87. The minimum Gasteiger partial charge on any atom is -0.320 e. The number of alkyl halides is 2.